The van der Waals surface area contributed by atoms with Crippen LogP contribution in [0.15, 0.2) is 0 Å². The third-order valence-corrected chi connectivity index (χ3v) is 3.71. The van der Waals surface area contributed by atoms with Crippen molar-refractivity contribution in [2.45, 2.75) is 62.3 Å². The van der Waals surface area contributed by atoms with Crippen LogP contribution in [0.3, 0.4) is 0 Å². The molecule has 15 heteroatoms. The number of hydrogen-bond donors (Lipinski definition) is 1. The molecule has 0 spiro atoms. The van der Waals surface area contributed by atoms with E-state index in [9.17, 15) is 24.0 Å². The van der Waals surface area contributed by atoms with Crippen molar-refractivity contribution in [1.82, 2.24) is 5.32 Å². The maximum Gasteiger partial charge on any atom is 0.411 e. The molecule has 0 aromatic carbocycles. The number of nitrogens with one attached hydrogen (secondary N) is 1. The van der Waals surface area contributed by atoms with Crippen LogP contribution >= 0.6 is 34.8 Å². The Kier molecular flexibility index (Phi) is 10.1. The first kappa shape index (κ1) is 27.0. The number of carbonyl (C=O) groups is 5. The smallest absolute Gasteiger partial charge is 0.411 e. The van der Waals surface area contributed by atoms with Gasteiger partial charge in [-0.25, -0.2) is 4.79 Å². The van der Waals surface area contributed by atoms with Gasteiger partial charge in [0.25, 0.3) is 0 Å². The number of alkyl halides is 3. The molecule has 176 valence electrons. The zero-order valence-electron chi connectivity index (χ0n) is 16.7. The van der Waals surface area contributed by atoms with Gasteiger partial charge in [-0.15, -0.1) is 0 Å². The lowest BCUT2D eigenvalue weighted by Crippen LogP contribution is -2.67. The van der Waals surface area contributed by atoms with Crippen LogP contribution in [0.5, 0.6) is 0 Å². The quantitative estimate of drug-likeness (QED) is 0.312. The van der Waals surface area contributed by atoms with E-state index in [1.807, 2.05) is 0 Å². The Hall–Kier alpha value is -2.02. The number of ether oxygens (including phenoxy) is 6. The molecule has 0 aliphatic carbocycles. The van der Waals surface area contributed by atoms with E-state index in [1.165, 1.54) is 0 Å². The predicted molar refractivity (Wildman–Crippen MR) is 102 cm³/mol. The predicted octanol–water partition coefficient (Wildman–Crippen LogP) is 1.12. The van der Waals surface area contributed by atoms with E-state index in [2.05, 4.69) is 10.1 Å². The Morgan fingerprint density at radius 1 is 0.839 bits per heavy atom. The largest absolute Gasteiger partial charge is 0.463 e. The van der Waals surface area contributed by atoms with E-state index >= 15 is 0 Å². The van der Waals surface area contributed by atoms with Gasteiger partial charge in [0.05, 0.1) is 0 Å². The van der Waals surface area contributed by atoms with Crippen LogP contribution < -0.4 is 5.32 Å². The topological polar surface area (TPSA) is 153 Å². The highest BCUT2D eigenvalue weighted by Gasteiger charge is 2.52. The number of rotatable bonds is 6. The molecule has 0 unspecified atom stereocenters. The van der Waals surface area contributed by atoms with Gasteiger partial charge in [-0.3, -0.25) is 19.2 Å². The molecule has 1 aliphatic heterocycles. The number of hydrogen-bond acceptors (Lipinski definition) is 11. The van der Waals surface area contributed by atoms with Crippen LogP contribution in [0.1, 0.15) is 27.7 Å². The first-order chi connectivity index (χ1) is 14.2. The molecule has 1 N–H and O–H groups in total. The van der Waals surface area contributed by atoms with Gasteiger partial charge in [0, 0.05) is 27.7 Å². The van der Waals surface area contributed by atoms with Crippen molar-refractivity contribution in [3.8, 4) is 0 Å². The molecular weight excluding hydrogens is 489 g/mol. The molecule has 0 saturated carbocycles. The molecule has 0 aromatic rings. The second kappa shape index (κ2) is 11.6. The van der Waals surface area contributed by atoms with Gasteiger partial charge in [-0.1, -0.05) is 0 Å². The normalized spacial score (nSPS) is 25.6. The average Bonchev–Trinajstić information content (AvgIpc) is 2.55. The zero-order valence-corrected chi connectivity index (χ0v) is 19.0. The minimum absolute atomic E-state index is 0.464. The van der Waals surface area contributed by atoms with Crippen molar-refractivity contribution < 1.29 is 52.4 Å². The summed E-state index contributed by atoms with van der Waals surface area (Å²) in [4.78, 5) is 58.2. The minimum atomic E-state index is -2.44. The SMILES string of the molecule is CC(=O)OC[C@H]1O[C@@H](OC(C)=O)[C@H](NC(=O)OC(Cl)(Cl)Cl)[C@@H](OC(C)=O)[C@@H]1OC(C)=O. The Balaban J connectivity index is 3.34. The third kappa shape index (κ3) is 9.76. The van der Waals surface area contributed by atoms with Crippen LogP contribution in [0.4, 0.5) is 4.79 Å². The lowest BCUT2D eigenvalue weighted by atomic mass is 9.96. The zero-order chi connectivity index (χ0) is 23.9. The molecule has 1 saturated heterocycles. The molecule has 1 fully saturated rings. The Labute approximate surface area is 191 Å². The van der Waals surface area contributed by atoms with Crippen molar-refractivity contribution in [2.75, 3.05) is 6.61 Å². The standard InChI is InChI=1S/C16H20Cl3NO11/c1-6(21)26-5-10-12(27-7(2)22)13(28-8(3)23)11(14(30-10)29-9(4)24)20-15(25)31-16(17,18)19/h10-14H,5H2,1-4H3,(H,20,25)/t10-,11-,12-,13-,14-/m1/s1. The number of halogens is 3. The molecule has 12 nitrogen and oxygen atoms in total. The van der Waals surface area contributed by atoms with E-state index < -0.39 is 71.2 Å². The molecule has 31 heavy (non-hydrogen) atoms. The number of amides is 1. The number of alkyl carbamates (subject to hydrolysis) is 1. The van der Waals surface area contributed by atoms with Crippen molar-refractivity contribution >= 4 is 64.8 Å². The summed E-state index contributed by atoms with van der Waals surface area (Å²) in [6.07, 6.45) is -7.04. The van der Waals surface area contributed by atoms with Crippen LogP contribution in [-0.2, 0) is 47.6 Å². The Morgan fingerprint density at radius 3 is 1.81 bits per heavy atom. The van der Waals surface area contributed by atoms with Crippen molar-refractivity contribution in [2.24, 2.45) is 0 Å². The second-order valence-electron chi connectivity index (χ2n) is 6.11. The van der Waals surface area contributed by atoms with E-state index in [-0.39, 0.29) is 0 Å². The van der Waals surface area contributed by atoms with Crippen LogP contribution in [0.2, 0.25) is 0 Å². The second-order valence-corrected chi connectivity index (χ2v) is 8.29. The minimum Gasteiger partial charge on any atom is -0.463 e. The first-order valence-electron chi connectivity index (χ1n) is 8.56. The van der Waals surface area contributed by atoms with Gasteiger partial charge in [0.2, 0.25) is 6.29 Å². The maximum absolute atomic E-state index is 12.1. The monoisotopic (exact) mass is 507 g/mol. The summed E-state index contributed by atoms with van der Waals surface area (Å²) in [7, 11) is 0. The highest BCUT2D eigenvalue weighted by molar-refractivity contribution is 6.66. The Morgan fingerprint density at radius 2 is 1.35 bits per heavy atom. The van der Waals surface area contributed by atoms with Gasteiger partial charge in [-0.05, 0) is 34.8 Å². The van der Waals surface area contributed by atoms with Gasteiger partial charge < -0.3 is 33.7 Å². The highest BCUT2D eigenvalue weighted by atomic mass is 35.6. The summed E-state index contributed by atoms with van der Waals surface area (Å²) in [5.74, 6) is -3.19. The van der Waals surface area contributed by atoms with Crippen molar-refractivity contribution in [1.29, 1.82) is 0 Å². The van der Waals surface area contributed by atoms with E-state index in [4.69, 9.17) is 58.5 Å². The summed E-state index contributed by atoms with van der Waals surface area (Å²) in [5, 5.41) is 2.18. The van der Waals surface area contributed by atoms with Gasteiger partial charge >= 0.3 is 33.9 Å². The van der Waals surface area contributed by atoms with Crippen LogP contribution in [-0.4, -0.2) is 71.2 Å². The molecule has 0 radical (unpaired) electrons. The molecule has 0 aromatic heterocycles. The van der Waals surface area contributed by atoms with E-state index in [1.54, 1.807) is 0 Å². The summed E-state index contributed by atoms with van der Waals surface area (Å²) in [6, 6.07) is -1.48. The van der Waals surface area contributed by atoms with E-state index in [0.29, 0.717) is 0 Å². The molecule has 0 bridgehead atoms. The molecule has 1 rings (SSSR count). The van der Waals surface area contributed by atoms with E-state index in [0.717, 1.165) is 27.7 Å². The summed E-state index contributed by atoms with van der Waals surface area (Å²) >= 11 is 16.2. The average molecular weight is 509 g/mol. The lowest BCUT2D eigenvalue weighted by Gasteiger charge is -2.44. The third-order valence-electron chi connectivity index (χ3n) is 3.48. The fourth-order valence-electron chi connectivity index (χ4n) is 2.59. The fourth-order valence-corrected chi connectivity index (χ4v) is 2.80. The van der Waals surface area contributed by atoms with Gasteiger partial charge in [-0.2, -0.15) is 0 Å². The summed E-state index contributed by atoms with van der Waals surface area (Å²) in [6.45, 7) is 3.80. The van der Waals surface area contributed by atoms with Crippen LogP contribution in [0, 0.1) is 0 Å². The lowest BCUT2D eigenvalue weighted by molar-refractivity contribution is -0.270. The Bertz CT molecular complexity index is 711. The summed E-state index contributed by atoms with van der Waals surface area (Å²) in [5.41, 5.74) is 0. The van der Waals surface area contributed by atoms with Crippen molar-refractivity contribution in [3.63, 3.8) is 0 Å². The molecule has 1 heterocycles. The molecule has 5 atom stereocenters. The van der Waals surface area contributed by atoms with Crippen molar-refractivity contribution in [3.05, 3.63) is 0 Å². The molecule has 1 amide bonds. The van der Waals surface area contributed by atoms with Gasteiger partial charge in [0.15, 0.2) is 12.2 Å². The highest BCUT2D eigenvalue weighted by Crippen LogP contribution is 2.30. The van der Waals surface area contributed by atoms with Gasteiger partial charge in [0.1, 0.15) is 18.8 Å². The molecular formula is C16H20Cl3NO11. The summed E-state index contributed by atoms with van der Waals surface area (Å²) < 4.78 is 27.9. The first-order valence-corrected chi connectivity index (χ1v) is 9.69. The number of carbonyl (C=O) groups excluding carboxylic acids is 5. The molecule has 1 aliphatic rings. The van der Waals surface area contributed by atoms with Crippen LogP contribution in [0.25, 0.3) is 0 Å². The number of esters is 4. The maximum atomic E-state index is 12.1. The fraction of sp³-hybridized carbons (Fsp3) is 0.688.